The van der Waals surface area contributed by atoms with Gasteiger partial charge >= 0.3 is 0 Å². The Morgan fingerprint density at radius 2 is 1.93 bits per heavy atom. The summed E-state index contributed by atoms with van der Waals surface area (Å²) >= 11 is 5.07. The van der Waals surface area contributed by atoms with E-state index in [2.05, 4.69) is 5.32 Å². The van der Waals surface area contributed by atoms with Crippen molar-refractivity contribution in [2.45, 2.75) is 0 Å². The van der Waals surface area contributed by atoms with Crippen molar-refractivity contribution in [1.29, 1.82) is 0 Å². The molecule has 1 N–H and O–H groups in total. The Kier molecular flexibility index (Phi) is 5.37. The van der Waals surface area contributed by atoms with Crippen LogP contribution in [-0.4, -0.2) is 35.9 Å². The molecule has 0 saturated carbocycles. The van der Waals surface area contributed by atoms with Crippen LogP contribution in [0.3, 0.4) is 0 Å². The van der Waals surface area contributed by atoms with E-state index in [-0.39, 0.29) is 22.1 Å². The van der Waals surface area contributed by atoms with Crippen LogP contribution in [-0.2, 0) is 9.59 Å². The summed E-state index contributed by atoms with van der Waals surface area (Å²) in [6.45, 7) is 0. The second kappa shape index (κ2) is 7.76. The lowest BCUT2D eigenvalue weighted by atomic mass is 10.0. The molecular formula is C19H15FN4O4S. The fraction of sp³-hybridized carbons (Fsp3) is 0.105. The third-order valence-corrected chi connectivity index (χ3v) is 4.46. The van der Waals surface area contributed by atoms with E-state index in [0.717, 1.165) is 11.0 Å². The van der Waals surface area contributed by atoms with Crippen LogP contribution in [0.1, 0.15) is 5.56 Å². The van der Waals surface area contributed by atoms with Crippen molar-refractivity contribution in [2.24, 2.45) is 0 Å². The summed E-state index contributed by atoms with van der Waals surface area (Å²) in [5.74, 6) is -2.08. The topological polar surface area (TPSA) is 95.8 Å². The number of carbonyl (C=O) groups is 2. The Labute approximate surface area is 170 Å². The number of nitrogens with zero attached hydrogens (tertiary/aromatic N) is 3. The molecule has 1 heterocycles. The van der Waals surface area contributed by atoms with Gasteiger partial charge in [-0.15, -0.1) is 0 Å². The Balaban J connectivity index is 2.12. The van der Waals surface area contributed by atoms with Crippen LogP contribution in [0.15, 0.2) is 48.0 Å². The number of nitro benzene ring substituents is 1. The van der Waals surface area contributed by atoms with E-state index in [0.29, 0.717) is 11.3 Å². The van der Waals surface area contributed by atoms with Gasteiger partial charge in [0, 0.05) is 37.5 Å². The molecule has 2 aromatic carbocycles. The lowest BCUT2D eigenvalue weighted by molar-refractivity contribution is -0.384. The number of hydrogen-bond donors (Lipinski definition) is 1. The van der Waals surface area contributed by atoms with Gasteiger partial charge in [-0.05, 0) is 42.6 Å². The highest BCUT2D eigenvalue weighted by molar-refractivity contribution is 7.80. The maximum absolute atomic E-state index is 13.6. The summed E-state index contributed by atoms with van der Waals surface area (Å²) < 4.78 is 13.6. The quantitative estimate of drug-likeness (QED) is 0.272. The van der Waals surface area contributed by atoms with Gasteiger partial charge in [0.1, 0.15) is 11.4 Å². The average Bonchev–Trinajstić information content (AvgIpc) is 2.64. The van der Waals surface area contributed by atoms with E-state index >= 15 is 0 Å². The van der Waals surface area contributed by atoms with Gasteiger partial charge in [0.25, 0.3) is 17.5 Å². The summed E-state index contributed by atoms with van der Waals surface area (Å²) in [5, 5.41) is 13.3. The van der Waals surface area contributed by atoms with Crippen LogP contribution in [0.2, 0.25) is 0 Å². The predicted octanol–water partition coefficient (Wildman–Crippen LogP) is 2.63. The van der Waals surface area contributed by atoms with E-state index in [1.54, 1.807) is 19.0 Å². The lowest BCUT2D eigenvalue weighted by Crippen LogP contribution is -2.54. The summed E-state index contributed by atoms with van der Waals surface area (Å²) in [7, 11) is 3.44. The maximum atomic E-state index is 13.6. The normalized spacial score (nSPS) is 15.5. The first kappa shape index (κ1) is 20.1. The van der Waals surface area contributed by atoms with Crippen molar-refractivity contribution in [3.8, 4) is 0 Å². The SMILES string of the molecule is CN(C)c1ccc([N+](=O)[O-])cc1/C=C1/C(=O)NC(=S)N(c2cccc(F)c2)C1=O. The molecule has 1 fully saturated rings. The van der Waals surface area contributed by atoms with Gasteiger partial charge in [0.15, 0.2) is 5.11 Å². The van der Waals surface area contributed by atoms with Crippen molar-refractivity contribution >= 4 is 52.3 Å². The lowest BCUT2D eigenvalue weighted by Gasteiger charge is -2.29. The number of nitrogens with one attached hydrogen (secondary N) is 1. The van der Waals surface area contributed by atoms with Gasteiger partial charge in [-0.25, -0.2) is 4.39 Å². The molecule has 0 atom stereocenters. The maximum Gasteiger partial charge on any atom is 0.270 e. The van der Waals surface area contributed by atoms with Crippen molar-refractivity contribution < 1.29 is 18.9 Å². The molecule has 0 aromatic heterocycles. The van der Waals surface area contributed by atoms with Gasteiger partial charge in [-0.1, -0.05) is 6.07 Å². The van der Waals surface area contributed by atoms with Crippen LogP contribution < -0.4 is 15.1 Å². The number of benzene rings is 2. The number of carbonyl (C=O) groups excluding carboxylic acids is 2. The molecule has 29 heavy (non-hydrogen) atoms. The standard InChI is InChI=1S/C19H15FN4O4S/c1-22(2)16-7-6-14(24(27)28)8-11(16)9-15-17(25)21-19(29)23(18(15)26)13-5-3-4-12(20)10-13/h3-10H,1-2H3,(H,21,25,29)/b15-9-. The molecule has 10 heteroatoms. The number of anilines is 2. The molecule has 1 aliphatic heterocycles. The molecule has 0 unspecified atom stereocenters. The van der Waals surface area contributed by atoms with E-state index in [1.807, 2.05) is 0 Å². The Hall–Kier alpha value is -3.66. The predicted molar refractivity (Wildman–Crippen MR) is 110 cm³/mol. The number of thiocarbonyl (C=S) groups is 1. The first-order valence-corrected chi connectivity index (χ1v) is 8.72. The zero-order valence-electron chi connectivity index (χ0n) is 15.4. The fourth-order valence-electron chi connectivity index (χ4n) is 2.84. The summed E-state index contributed by atoms with van der Waals surface area (Å²) in [6.07, 6.45) is 1.26. The first-order chi connectivity index (χ1) is 13.7. The fourth-order valence-corrected chi connectivity index (χ4v) is 3.12. The molecule has 3 rings (SSSR count). The van der Waals surface area contributed by atoms with Crippen molar-refractivity contribution in [3.63, 3.8) is 0 Å². The smallest absolute Gasteiger partial charge is 0.270 e. The van der Waals surface area contributed by atoms with Crippen LogP contribution in [0, 0.1) is 15.9 Å². The van der Waals surface area contributed by atoms with Crippen molar-refractivity contribution in [3.05, 3.63) is 69.5 Å². The molecule has 0 spiro atoms. The molecule has 0 radical (unpaired) electrons. The Morgan fingerprint density at radius 3 is 2.55 bits per heavy atom. The van der Waals surface area contributed by atoms with Gasteiger partial charge in [-0.2, -0.15) is 0 Å². The van der Waals surface area contributed by atoms with Crippen LogP contribution in [0.4, 0.5) is 21.5 Å². The third kappa shape index (κ3) is 3.97. The largest absolute Gasteiger partial charge is 0.377 e. The molecular weight excluding hydrogens is 399 g/mol. The molecule has 0 aliphatic carbocycles. The third-order valence-electron chi connectivity index (χ3n) is 4.17. The van der Waals surface area contributed by atoms with Crippen molar-refractivity contribution in [1.82, 2.24) is 5.32 Å². The van der Waals surface area contributed by atoms with Gasteiger partial charge in [-0.3, -0.25) is 29.9 Å². The van der Waals surface area contributed by atoms with E-state index in [4.69, 9.17) is 12.2 Å². The zero-order valence-corrected chi connectivity index (χ0v) is 16.2. The molecule has 0 bridgehead atoms. The number of halogens is 1. The van der Waals surface area contributed by atoms with Gasteiger partial charge in [0.05, 0.1) is 10.6 Å². The molecule has 2 amide bonds. The Morgan fingerprint density at radius 1 is 1.21 bits per heavy atom. The number of non-ortho nitro benzene ring substituents is 1. The molecule has 8 nitrogen and oxygen atoms in total. The number of rotatable bonds is 4. The van der Waals surface area contributed by atoms with Crippen molar-refractivity contribution in [2.75, 3.05) is 23.9 Å². The summed E-state index contributed by atoms with van der Waals surface area (Å²) in [6, 6.07) is 9.31. The summed E-state index contributed by atoms with van der Waals surface area (Å²) in [5.41, 5.74) is 0.539. The number of nitro groups is 1. The number of hydrogen-bond acceptors (Lipinski definition) is 6. The molecule has 2 aromatic rings. The van der Waals surface area contributed by atoms with Crippen LogP contribution in [0.5, 0.6) is 0 Å². The summed E-state index contributed by atoms with van der Waals surface area (Å²) in [4.78, 5) is 38.7. The molecule has 148 valence electrons. The van der Waals surface area contributed by atoms with Gasteiger partial charge < -0.3 is 4.90 Å². The minimum absolute atomic E-state index is 0.151. The van der Waals surface area contributed by atoms with Crippen LogP contribution >= 0.6 is 12.2 Å². The monoisotopic (exact) mass is 414 g/mol. The van der Waals surface area contributed by atoms with Crippen LogP contribution in [0.25, 0.3) is 6.08 Å². The molecule has 1 aliphatic rings. The highest BCUT2D eigenvalue weighted by atomic mass is 32.1. The van der Waals surface area contributed by atoms with Gasteiger partial charge in [0.2, 0.25) is 0 Å². The second-order valence-corrected chi connectivity index (χ2v) is 6.72. The minimum atomic E-state index is -0.763. The number of amides is 2. The van der Waals surface area contributed by atoms with E-state index in [9.17, 15) is 24.1 Å². The average molecular weight is 414 g/mol. The van der Waals surface area contributed by atoms with E-state index < -0.39 is 22.6 Å². The highest BCUT2D eigenvalue weighted by Gasteiger charge is 2.35. The van der Waals surface area contributed by atoms with E-state index in [1.165, 1.54) is 42.5 Å². The molecule has 1 saturated heterocycles. The minimum Gasteiger partial charge on any atom is -0.377 e. The highest BCUT2D eigenvalue weighted by Crippen LogP contribution is 2.28. The zero-order chi connectivity index (χ0) is 21.3. The first-order valence-electron chi connectivity index (χ1n) is 8.32. The Bertz CT molecular complexity index is 1080. The second-order valence-electron chi connectivity index (χ2n) is 6.33.